The number of amides is 1. The van der Waals surface area contributed by atoms with Gasteiger partial charge in [-0.2, -0.15) is 0 Å². The van der Waals surface area contributed by atoms with Gasteiger partial charge in [0.1, 0.15) is 0 Å². The van der Waals surface area contributed by atoms with Crippen LogP contribution in [0.2, 0.25) is 0 Å². The highest BCUT2D eigenvalue weighted by atomic mass is 35.5. The van der Waals surface area contributed by atoms with Crippen LogP contribution in [0.5, 0.6) is 0 Å². The molecule has 0 unspecified atom stereocenters. The smallest absolute Gasteiger partial charge is 0.253 e. The Labute approximate surface area is 152 Å². The predicted octanol–water partition coefficient (Wildman–Crippen LogP) is 3.20. The second-order valence-corrected chi connectivity index (χ2v) is 5.72. The maximum Gasteiger partial charge on any atom is 0.253 e. The fraction of sp³-hybridized carbons (Fsp3) is 0.588. The number of anilines is 1. The molecule has 1 aliphatic rings. The van der Waals surface area contributed by atoms with Crippen molar-refractivity contribution in [2.24, 2.45) is 0 Å². The molecule has 0 aliphatic carbocycles. The summed E-state index contributed by atoms with van der Waals surface area (Å²) in [6.45, 7) is 6.81. The lowest BCUT2D eigenvalue weighted by Gasteiger charge is -2.22. The predicted molar refractivity (Wildman–Crippen MR) is 103 cm³/mol. The molecular formula is C17H29Cl2N3O. The summed E-state index contributed by atoms with van der Waals surface area (Å²) in [6.07, 6.45) is 3.42. The number of nitrogens with one attached hydrogen (secondary N) is 1. The average molecular weight is 362 g/mol. The molecule has 1 heterocycles. The molecule has 1 aliphatic heterocycles. The van der Waals surface area contributed by atoms with Gasteiger partial charge in [-0.1, -0.05) is 13.3 Å². The maximum absolute atomic E-state index is 12.5. The van der Waals surface area contributed by atoms with Crippen LogP contribution in [0.4, 0.5) is 5.69 Å². The minimum absolute atomic E-state index is 0. The molecule has 0 aromatic heterocycles. The summed E-state index contributed by atoms with van der Waals surface area (Å²) < 4.78 is 0. The number of nitrogens with zero attached hydrogens (tertiary/aromatic N) is 2. The summed E-state index contributed by atoms with van der Waals surface area (Å²) in [5.74, 6) is 0.154. The van der Waals surface area contributed by atoms with E-state index in [1.165, 1.54) is 18.5 Å². The first-order chi connectivity index (χ1) is 10.2. The molecule has 0 spiro atoms. The van der Waals surface area contributed by atoms with E-state index in [2.05, 4.69) is 36.3 Å². The van der Waals surface area contributed by atoms with Crippen molar-refractivity contribution in [2.45, 2.75) is 26.2 Å². The van der Waals surface area contributed by atoms with Crippen LogP contribution >= 0.6 is 24.8 Å². The first-order valence-electron chi connectivity index (χ1n) is 8.03. The largest absolute Gasteiger partial charge is 0.375 e. The standard InChI is InChI=1S/C17H27N3O.2ClH/c1-3-4-12-19(2)16-8-6-15(7-9-16)17(21)20-13-5-10-18-11-14-20;;/h6-9,18H,3-5,10-14H2,1-2H3;2*1H. The van der Waals surface area contributed by atoms with Crippen molar-refractivity contribution in [1.82, 2.24) is 10.2 Å². The number of unbranched alkanes of at least 4 members (excludes halogenated alkanes) is 1. The van der Waals surface area contributed by atoms with Crippen LogP contribution in [0.25, 0.3) is 0 Å². The SMILES string of the molecule is CCCCN(C)c1ccc(C(=O)N2CCCNCC2)cc1.Cl.Cl. The Hall–Kier alpha value is -0.970. The molecule has 1 amide bonds. The van der Waals surface area contributed by atoms with Crippen molar-refractivity contribution in [3.05, 3.63) is 29.8 Å². The number of hydrogen-bond donors (Lipinski definition) is 1. The molecule has 6 heteroatoms. The fourth-order valence-corrected chi connectivity index (χ4v) is 2.61. The zero-order valence-electron chi connectivity index (χ0n) is 14.1. The number of hydrogen-bond acceptors (Lipinski definition) is 3. The monoisotopic (exact) mass is 361 g/mol. The lowest BCUT2D eigenvalue weighted by Crippen LogP contribution is -2.34. The lowest BCUT2D eigenvalue weighted by molar-refractivity contribution is 0.0766. The molecule has 0 saturated carbocycles. The number of carbonyl (C=O) groups excluding carboxylic acids is 1. The van der Waals surface area contributed by atoms with Gasteiger partial charge in [0.05, 0.1) is 0 Å². The van der Waals surface area contributed by atoms with Crippen molar-refractivity contribution >= 4 is 36.4 Å². The quantitative estimate of drug-likeness (QED) is 0.874. The van der Waals surface area contributed by atoms with E-state index in [1.54, 1.807) is 0 Å². The minimum Gasteiger partial charge on any atom is -0.375 e. The Morgan fingerprint density at radius 1 is 1.17 bits per heavy atom. The van der Waals surface area contributed by atoms with Crippen molar-refractivity contribution in [2.75, 3.05) is 44.7 Å². The van der Waals surface area contributed by atoms with Gasteiger partial charge in [-0.25, -0.2) is 0 Å². The van der Waals surface area contributed by atoms with E-state index in [4.69, 9.17) is 0 Å². The van der Waals surface area contributed by atoms with Gasteiger partial charge in [-0.15, -0.1) is 24.8 Å². The van der Waals surface area contributed by atoms with Crippen LogP contribution in [-0.2, 0) is 0 Å². The van der Waals surface area contributed by atoms with E-state index in [0.29, 0.717) is 0 Å². The van der Waals surface area contributed by atoms with Crippen molar-refractivity contribution in [3.63, 3.8) is 0 Å². The maximum atomic E-state index is 12.5. The van der Waals surface area contributed by atoms with Crippen molar-refractivity contribution < 1.29 is 4.79 Å². The Kier molecular flexibility index (Phi) is 11.1. The molecule has 1 aromatic rings. The molecule has 1 saturated heterocycles. The van der Waals surface area contributed by atoms with Crippen LogP contribution in [0.15, 0.2) is 24.3 Å². The molecule has 2 rings (SSSR count). The summed E-state index contributed by atoms with van der Waals surface area (Å²) in [7, 11) is 2.10. The minimum atomic E-state index is 0. The second-order valence-electron chi connectivity index (χ2n) is 5.72. The van der Waals surface area contributed by atoms with Crippen LogP contribution in [0.3, 0.4) is 0 Å². The topological polar surface area (TPSA) is 35.6 Å². The second kappa shape index (κ2) is 11.5. The van der Waals surface area contributed by atoms with Gasteiger partial charge >= 0.3 is 0 Å². The zero-order valence-corrected chi connectivity index (χ0v) is 15.7. The zero-order chi connectivity index (χ0) is 15.1. The molecule has 4 nitrogen and oxygen atoms in total. The highest BCUT2D eigenvalue weighted by Crippen LogP contribution is 2.16. The summed E-state index contributed by atoms with van der Waals surface area (Å²) in [5.41, 5.74) is 1.97. The summed E-state index contributed by atoms with van der Waals surface area (Å²) >= 11 is 0. The Morgan fingerprint density at radius 3 is 2.52 bits per heavy atom. The Morgan fingerprint density at radius 2 is 1.87 bits per heavy atom. The van der Waals surface area contributed by atoms with Crippen LogP contribution < -0.4 is 10.2 Å². The average Bonchev–Trinajstić information content (AvgIpc) is 2.81. The van der Waals surface area contributed by atoms with E-state index < -0.39 is 0 Å². The van der Waals surface area contributed by atoms with Gasteiger partial charge in [0.25, 0.3) is 5.91 Å². The third-order valence-corrected chi connectivity index (χ3v) is 4.03. The third-order valence-electron chi connectivity index (χ3n) is 4.03. The van der Waals surface area contributed by atoms with Crippen LogP contribution in [0.1, 0.15) is 36.5 Å². The lowest BCUT2D eigenvalue weighted by atomic mass is 10.1. The number of rotatable bonds is 5. The molecule has 132 valence electrons. The number of halogens is 2. The molecule has 0 radical (unpaired) electrons. The summed E-state index contributed by atoms with van der Waals surface area (Å²) in [6, 6.07) is 8.02. The Balaban J connectivity index is 0.00000242. The van der Waals surface area contributed by atoms with Gasteiger partial charge in [-0.3, -0.25) is 4.79 Å². The van der Waals surface area contributed by atoms with Crippen LogP contribution in [0, 0.1) is 0 Å². The first-order valence-corrected chi connectivity index (χ1v) is 8.03. The van der Waals surface area contributed by atoms with Gasteiger partial charge in [0.2, 0.25) is 0 Å². The summed E-state index contributed by atoms with van der Waals surface area (Å²) in [5, 5.41) is 3.33. The van der Waals surface area contributed by atoms with Gasteiger partial charge in [0, 0.05) is 44.5 Å². The van der Waals surface area contributed by atoms with E-state index >= 15 is 0 Å². The molecule has 0 atom stereocenters. The molecule has 0 bridgehead atoms. The molecular weight excluding hydrogens is 333 g/mol. The van der Waals surface area contributed by atoms with E-state index in [-0.39, 0.29) is 30.7 Å². The third kappa shape index (κ3) is 6.58. The number of carbonyl (C=O) groups is 1. The van der Waals surface area contributed by atoms with Gasteiger partial charge < -0.3 is 15.1 Å². The van der Waals surface area contributed by atoms with Crippen molar-refractivity contribution in [1.29, 1.82) is 0 Å². The molecule has 23 heavy (non-hydrogen) atoms. The van der Waals surface area contributed by atoms with Crippen LogP contribution in [-0.4, -0.2) is 50.6 Å². The van der Waals surface area contributed by atoms with E-state index in [1.807, 2.05) is 17.0 Å². The van der Waals surface area contributed by atoms with Gasteiger partial charge in [0.15, 0.2) is 0 Å². The Bertz CT molecular complexity index is 446. The molecule has 1 aromatic carbocycles. The molecule has 1 fully saturated rings. The highest BCUT2D eigenvalue weighted by molar-refractivity contribution is 5.94. The number of benzene rings is 1. The highest BCUT2D eigenvalue weighted by Gasteiger charge is 2.17. The van der Waals surface area contributed by atoms with E-state index in [0.717, 1.165) is 44.7 Å². The molecule has 1 N–H and O–H groups in total. The van der Waals surface area contributed by atoms with Crippen molar-refractivity contribution in [3.8, 4) is 0 Å². The van der Waals surface area contributed by atoms with E-state index in [9.17, 15) is 4.79 Å². The summed E-state index contributed by atoms with van der Waals surface area (Å²) in [4.78, 5) is 16.7. The van der Waals surface area contributed by atoms with Gasteiger partial charge in [-0.05, 0) is 43.7 Å². The normalized spacial score (nSPS) is 14.3. The fourth-order valence-electron chi connectivity index (χ4n) is 2.61. The first kappa shape index (κ1) is 22.0.